The average molecular weight is 248 g/mol. The van der Waals surface area contributed by atoms with Crippen molar-refractivity contribution in [3.05, 3.63) is 33.7 Å². The van der Waals surface area contributed by atoms with Gasteiger partial charge in [0.1, 0.15) is 0 Å². The van der Waals surface area contributed by atoms with Crippen LogP contribution >= 0.6 is 0 Å². The predicted octanol–water partition coefficient (Wildman–Crippen LogP) is 3.34. The summed E-state index contributed by atoms with van der Waals surface area (Å²) in [6, 6.07) is 4.25. The Morgan fingerprint density at radius 2 is 1.61 bits per heavy atom. The first-order valence-corrected chi connectivity index (χ1v) is 6.59. The van der Waals surface area contributed by atoms with Gasteiger partial charge < -0.3 is 0 Å². The first kappa shape index (κ1) is 14.6. The standard InChI is InChI=1S/C13H18N2O.C2H6/c1-8(2)10-6-9(3)7-11-12(10)15(5)13(16)14(11)4;1-2/h6-8H,1-5H3;1-2H3. The Morgan fingerprint density at radius 1 is 1.06 bits per heavy atom. The fourth-order valence-corrected chi connectivity index (χ4v) is 2.27. The minimum atomic E-state index is 0.0440. The van der Waals surface area contributed by atoms with E-state index in [1.807, 2.05) is 27.9 Å². The summed E-state index contributed by atoms with van der Waals surface area (Å²) in [5.41, 5.74) is 4.58. The van der Waals surface area contributed by atoms with Crippen LogP contribution in [0.2, 0.25) is 0 Å². The van der Waals surface area contributed by atoms with Gasteiger partial charge in [-0.3, -0.25) is 9.13 Å². The van der Waals surface area contributed by atoms with Crippen LogP contribution in [0.15, 0.2) is 16.9 Å². The summed E-state index contributed by atoms with van der Waals surface area (Å²) in [5, 5.41) is 0. The second-order valence-electron chi connectivity index (χ2n) is 4.78. The quantitative estimate of drug-likeness (QED) is 0.760. The monoisotopic (exact) mass is 248 g/mol. The SMILES string of the molecule is CC.Cc1cc(C(C)C)c2c(c1)n(C)c(=O)n2C. The molecule has 3 nitrogen and oxygen atoms in total. The highest BCUT2D eigenvalue weighted by Gasteiger charge is 2.14. The van der Waals surface area contributed by atoms with Crippen molar-refractivity contribution in [3.8, 4) is 0 Å². The number of hydrogen-bond acceptors (Lipinski definition) is 1. The van der Waals surface area contributed by atoms with Crippen molar-refractivity contribution in [1.82, 2.24) is 9.13 Å². The Balaban J connectivity index is 0.000000771. The zero-order valence-corrected chi connectivity index (χ0v) is 12.5. The minimum Gasteiger partial charge on any atom is -0.295 e. The second-order valence-corrected chi connectivity index (χ2v) is 4.78. The number of imidazole rings is 1. The molecule has 0 spiro atoms. The van der Waals surface area contributed by atoms with Gasteiger partial charge in [-0.15, -0.1) is 0 Å². The van der Waals surface area contributed by atoms with E-state index >= 15 is 0 Å². The minimum absolute atomic E-state index is 0.0440. The van der Waals surface area contributed by atoms with Gasteiger partial charge in [-0.05, 0) is 30.0 Å². The molecule has 0 atom stereocenters. The Labute approximate surface area is 109 Å². The maximum absolute atomic E-state index is 11.9. The summed E-state index contributed by atoms with van der Waals surface area (Å²) >= 11 is 0. The number of benzene rings is 1. The summed E-state index contributed by atoms with van der Waals surface area (Å²) in [6.07, 6.45) is 0. The Kier molecular flexibility index (Phi) is 4.38. The molecule has 1 aromatic heterocycles. The number of hydrogen-bond donors (Lipinski definition) is 0. The van der Waals surface area contributed by atoms with Gasteiger partial charge in [-0.2, -0.15) is 0 Å². The zero-order valence-electron chi connectivity index (χ0n) is 12.5. The van der Waals surface area contributed by atoms with Crippen LogP contribution in [0.3, 0.4) is 0 Å². The molecule has 1 heterocycles. The van der Waals surface area contributed by atoms with E-state index in [1.165, 1.54) is 11.1 Å². The number of rotatable bonds is 1. The molecule has 0 unspecified atom stereocenters. The van der Waals surface area contributed by atoms with Gasteiger partial charge in [0.15, 0.2) is 0 Å². The summed E-state index contributed by atoms with van der Waals surface area (Å²) < 4.78 is 3.46. The van der Waals surface area contributed by atoms with Crippen LogP contribution in [0.4, 0.5) is 0 Å². The van der Waals surface area contributed by atoms with E-state index in [9.17, 15) is 4.79 Å². The fraction of sp³-hybridized carbons (Fsp3) is 0.533. The largest absolute Gasteiger partial charge is 0.328 e. The van der Waals surface area contributed by atoms with Crippen LogP contribution < -0.4 is 5.69 Å². The van der Waals surface area contributed by atoms with Crippen molar-refractivity contribution in [2.75, 3.05) is 0 Å². The molecule has 0 saturated carbocycles. The highest BCUT2D eigenvalue weighted by molar-refractivity contribution is 5.81. The molecule has 0 aliphatic heterocycles. The summed E-state index contributed by atoms with van der Waals surface area (Å²) in [5.74, 6) is 0.426. The molecule has 100 valence electrons. The zero-order chi connectivity index (χ0) is 14.0. The van der Waals surface area contributed by atoms with Crippen LogP contribution in [0.5, 0.6) is 0 Å². The number of aryl methyl sites for hydroxylation is 3. The fourth-order valence-electron chi connectivity index (χ4n) is 2.27. The van der Waals surface area contributed by atoms with E-state index in [1.54, 1.807) is 9.13 Å². The molecule has 0 amide bonds. The summed E-state index contributed by atoms with van der Waals surface area (Å²) in [7, 11) is 3.67. The summed E-state index contributed by atoms with van der Waals surface area (Å²) in [4.78, 5) is 11.9. The van der Waals surface area contributed by atoms with E-state index in [2.05, 4.69) is 32.9 Å². The van der Waals surface area contributed by atoms with Gasteiger partial charge in [0.2, 0.25) is 0 Å². The van der Waals surface area contributed by atoms with E-state index in [4.69, 9.17) is 0 Å². The van der Waals surface area contributed by atoms with E-state index < -0.39 is 0 Å². The molecule has 1 aromatic carbocycles. The molecule has 0 bridgehead atoms. The lowest BCUT2D eigenvalue weighted by molar-refractivity contribution is 0.788. The van der Waals surface area contributed by atoms with Gasteiger partial charge in [-0.1, -0.05) is 33.8 Å². The smallest absolute Gasteiger partial charge is 0.295 e. The highest BCUT2D eigenvalue weighted by Crippen LogP contribution is 2.25. The molecule has 2 aromatic rings. The summed E-state index contributed by atoms with van der Waals surface area (Å²) in [6.45, 7) is 10.4. The average Bonchev–Trinajstić information content (AvgIpc) is 2.56. The molecule has 0 radical (unpaired) electrons. The molecule has 0 N–H and O–H groups in total. The molecule has 18 heavy (non-hydrogen) atoms. The lowest BCUT2D eigenvalue weighted by Gasteiger charge is -2.10. The molecule has 0 saturated heterocycles. The molecule has 0 fully saturated rings. The first-order chi connectivity index (χ1) is 8.43. The number of aromatic nitrogens is 2. The van der Waals surface area contributed by atoms with Gasteiger partial charge in [0.25, 0.3) is 0 Å². The molecule has 0 aliphatic carbocycles. The van der Waals surface area contributed by atoms with Crippen molar-refractivity contribution in [2.45, 2.75) is 40.5 Å². The van der Waals surface area contributed by atoms with Crippen LogP contribution in [0.1, 0.15) is 44.7 Å². The Morgan fingerprint density at radius 3 is 2.11 bits per heavy atom. The molecule has 3 heteroatoms. The van der Waals surface area contributed by atoms with E-state index in [0.717, 1.165) is 11.0 Å². The van der Waals surface area contributed by atoms with Crippen LogP contribution in [0.25, 0.3) is 11.0 Å². The third-order valence-electron chi connectivity index (χ3n) is 3.16. The van der Waals surface area contributed by atoms with Gasteiger partial charge in [0.05, 0.1) is 11.0 Å². The molecular weight excluding hydrogens is 224 g/mol. The Hall–Kier alpha value is -1.51. The van der Waals surface area contributed by atoms with Crippen molar-refractivity contribution in [1.29, 1.82) is 0 Å². The van der Waals surface area contributed by atoms with Crippen LogP contribution in [0, 0.1) is 6.92 Å². The number of nitrogens with zero attached hydrogens (tertiary/aromatic N) is 2. The predicted molar refractivity (Wildman–Crippen MR) is 78.3 cm³/mol. The third kappa shape index (κ3) is 2.22. The normalized spacial score (nSPS) is 10.7. The Bertz CT molecular complexity index is 603. The van der Waals surface area contributed by atoms with Crippen molar-refractivity contribution < 1.29 is 0 Å². The van der Waals surface area contributed by atoms with Crippen molar-refractivity contribution in [2.24, 2.45) is 14.1 Å². The van der Waals surface area contributed by atoms with Gasteiger partial charge in [-0.25, -0.2) is 4.79 Å². The molecule has 0 aliphatic rings. The lowest BCUT2D eigenvalue weighted by Crippen LogP contribution is -2.19. The van der Waals surface area contributed by atoms with Crippen LogP contribution in [-0.2, 0) is 14.1 Å². The van der Waals surface area contributed by atoms with Crippen molar-refractivity contribution >= 4 is 11.0 Å². The highest BCUT2D eigenvalue weighted by atomic mass is 16.1. The van der Waals surface area contributed by atoms with Gasteiger partial charge in [0, 0.05) is 14.1 Å². The van der Waals surface area contributed by atoms with E-state index in [-0.39, 0.29) is 5.69 Å². The third-order valence-corrected chi connectivity index (χ3v) is 3.16. The topological polar surface area (TPSA) is 26.9 Å². The first-order valence-electron chi connectivity index (χ1n) is 6.59. The lowest BCUT2D eigenvalue weighted by atomic mass is 9.99. The second kappa shape index (κ2) is 5.42. The van der Waals surface area contributed by atoms with Crippen LogP contribution in [-0.4, -0.2) is 9.13 Å². The van der Waals surface area contributed by atoms with E-state index in [0.29, 0.717) is 5.92 Å². The van der Waals surface area contributed by atoms with Crippen molar-refractivity contribution in [3.63, 3.8) is 0 Å². The molecule has 2 rings (SSSR count). The van der Waals surface area contributed by atoms with Gasteiger partial charge >= 0.3 is 5.69 Å². The number of fused-ring (bicyclic) bond motifs is 1. The molecular formula is C15H24N2O. The maximum Gasteiger partial charge on any atom is 0.328 e. The maximum atomic E-state index is 11.9.